The maximum absolute atomic E-state index is 13.4. The van der Waals surface area contributed by atoms with Crippen LogP contribution in [-0.4, -0.2) is 20.2 Å². The fourth-order valence-electron chi connectivity index (χ4n) is 3.40. The summed E-state index contributed by atoms with van der Waals surface area (Å²) in [5.41, 5.74) is 1.61. The minimum Gasteiger partial charge on any atom is -0.496 e. The number of rotatable bonds is 2. The van der Waals surface area contributed by atoms with Gasteiger partial charge in [0.2, 0.25) is 0 Å². The third-order valence-corrected chi connectivity index (χ3v) is 4.68. The molecule has 0 unspecified atom stereocenters. The van der Waals surface area contributed by atoms with E-state index in [0.29, 0.717) is 11.3 Å². The fourth-order valence-corrected chi connectivity index (χ4v) is 3.40. The average Bonchev–Trinajstić information content (AvgIpc) is 2.37. The minimum absolute atomic E-state index is 0.156. The Morgan fingerprint density at radius 3 is 2.56 bits per heavy atom. The van der Waals surface area contributed by atoms with Crippen molar-refractivity contribution in [1.29, 1.82) is 0 Å². The average molecular weight is 249 g/mol. The van der Waals surface area contributed by atoms with Gasteiger partial charge in [0.1, 0.15) is 11.6 Å². The molecular weight excluding hydrogens is 229 g/mol. The van der Waals surface area contributed by atoms with Crippen LogP contribution in [0.5, 0.6) is 5.75 Å². The van der Waals surface area contributed by atoms with E-state index in [0.717, 1.165) is 24.2 Å². The lowest BCUT2D eigenvalue weighted by atomic mass is 9.66. The van der Waals surface area contributed by atoms with Gasteiger partial charge >= 0.3 is 0 Å². The molecule has 2 fully saturated rings. The van der Waals surface area contributed by atoms with Crippen molar-refractivity contribution in [2.45, 2.75) is 31.6 Å². The van der Waals surface area contributed by atoms with E-state index in [-0.39, 0.29) is 5.82 Å². The van der Waals surface area contributed by atoms with Crippen LogP contribution in [0.15, 0.2) is 18.2 Å². The van der Waals surface area contributed by atoms with E-state index >= 15 is 0 Å². The molecule has 1 spiro atoms. The third kappa shape index (κ3) is 2.01. The Bertz CT molecular complexity index is 432. The number of benzene rings is 1. The molecular formula is C15H20FNO. The molecule has 0 aromatic heterocycles. The Morgan fingerprint density at radius 1 is 1.28 bits per heavy atom. The zero-order valence-electron chi connectivity index (χ0n) is 10.8. The molecule has 1 saturated carbocycles. The van der Waals surface area contributed by atoms with Crippen molar-refractivity contribution in [3.63, 3.8) is 0 Å². The smallest absolute Gasteiger partial charge is 0.123 e. The van der Waals surface area contributed by atoms with Crippen molar-refractivity contribution in [3.05, 3.63) is 29.6 Å². The topological polar surface area (TPSA) is 21.3 Å². The zero-order chi connectivity index (χ0) is 12.6. The molecule has 1 N–H and O–H groups in total. The zero-order valence-corrected chi connectivity index (χ0v) is 10.8. The molecule has 0 atom stereocenters. The molecule has 2 aliphatic rings. The van der Waals surface area contributed by atoms with E-state index in [2.05, 4.69) is 5.32 Å². The van der Waals surface area contributed by atoms with Crippen LogP contribution in [0.3, 0.4) is 0 Å². The van der Waals surface area contributed by atoms with Crippen LogP contribution in [0.2, 0.25) is 0 Å². The van der Waals surface area contributed by atoms with E-state index in [1.165, 1.54) is 32.0 Å². The SMILES string of the molecule is COc1ccc(F)cc1C1CCC2(CC1)CNC2. The number of hydrogen-bond acceptors (Lipinski definition) is 2. The molecule has 0 amide bonds. The second-order valence-electron chi connectivity index (χ2n) is 5.76. The van der Waals surface area contributed by atoms with Crippen LogP contribution in [0.1, 0.15) is 37.2 Å². The fraction of sp³-hybridized carbons (Fsp3) is 0.600. The summed E-state index contributed by atoms with van der Waals surface area (Å²) in [4.78, 5) is 0. The summed E-state index contributed by atoms with van der Waals surface area (Å²) >= 11 is 0. The number of nitrogens with one attached hydrogen (secondary N) is 1. The first-order valence-electron chi connectivity index (χ1n) is 6.77. The van der Waals surface area contributed by atoms with E-state index in [1.807, 2.05) is 0 Å². The quantitative estimate of drug-likeness (QED) is 0.869. The molecule has 98 valence electrons. The van der Waals surface area contributed by atoms with E-state index in [1.54, 1.807) is 19.2 Å². The first-order valence-corrected chi connectivity index (χ1v) is 6.77. The Hall–Kier alpha value is -1.09. The highest BCUT2D eigenvalue weighted by atomic mass is 19.1. The van der Waals surface area contributed by atoms with E-state index in [9.17, 15) is 4.39 Å². The monoisotopic (exact) mass is 249 g/mol. The Morgan fingerprint density at radius 2 is 2.00 bits per heavy atom. The predicted molar refractivity (Wildman–Crippen MR) is 69.5 cm³/mol. The lowest BCUT2D eigenvalue weighted by Gasteiger charge is -2.47. The molecule has 1 saturated heterocycles. The molecule has 0 bridgehead atoms. The van der Waals surface area contributed by atoms with Gasteiger partial charge in [0.05, 0.1) is 7.11 Å². The molecule has 1 heterocycles. The molecule has 2 nitrogen and oxygen atoms in total. The van der Waals surface area contributed by atoms with Crippen LogP contribution >= 0.6 is 0 Å². The van der Waals surface area contributed by atoms with E-state index in [4.69, 9.17) is 4.74 Å². The second kappa shape index (κ2) is 4.54. The lowest BCUT2D eigenvalue weighted by molar-refractivity contribution is 0.0970. The molecule has 1 aliphatic carbocycles. The van der Waals surface area contributed by atoms with Crippen LogP contribution in [-0.2, 0) is 0 Å². The number of methoxy groups -OCH3 is 1. The lowest BCUT2D eigenvalue weighted by Crippen LogP contribution is -2.54. The van der Waals surface area contributed by atoms with Crippen molar-refractivity contribution in [2.24, 2.45) is 5.41 Å². The molecule has 3 heteroatoms. The van der Waals surface area contributed by atoms with Crippen LogP contribution in [0.25, 0.3) is 0 Å². The van der Waals surface area contributed by atoms with Crippen LogP contribution in [0.4, 0.5) is 4.39 Å². The van der Waals surface area contributed by atoms with Gasteiger partial charge in [-0.25, -0.2) is 4.39 Å². The van der Waals surface area contributed by atoms with Gasteiger partial charge in [0, 0.05) is 18.7 Å². The van der Waals surface area contributed by atoms with Gasteiger partial charge in [-0.2, -0.15) is 0 Å². The van der Waals surface area contributed by atoms with Crippen molar-refractivity contribution in [3.8, 4) is 5.75 Å². The van der Waals surface area contributed by atoms with Crippen LogP contribution in [0, 0.1) is 11.2 Å². The van der Waals surface area contributed by atoms with Gasteiger partial charge in [0.15, 0.2) is 0 Å². The Labute approximate surface area is 108 Å². The highest BCUT2D eigenvalue weighted by Gasteiger charge is 2.40. The number of halogens is 1. The number of hydrogen-bond donors (Lipinski definition) is 1. The highest BCUT2D eigenvalue weighted by Crippen LogP contribution is 2.46. The summed E-state index contributed by atoms with van der Waals surface area (Å²) in [7, 11) is 1.66. The standard InChI is InChI=1S/C15H20FNO/c1-18-14-3-2-12(16)8-13(14)11-4-6-15(7-5-11)9-17-10-15/h2-3,8,11,17H,4-7,9-10H2,1H3. The molecule has 1 aromatic rings. The molecule has 0 radical (unpaired) electrons. The van der Waals surface area contributed by atoms with E-state index < -0.39 is 0 Å². The first kappa shape index (κ1) is 12.0. The summed E-state index contributed by atoms with van der Waals surface area (Å²) < 4.78 is 18.8. The normalized spacial score (nSPS) is 22.8. The maximum atomic E-state index is 13.4. The van der Waals surface area contributed by atoms with Gasteiger partial charge in [-0.05, 0) is 55.2 Å². The van der Waals surface area contributed by atoms with Crippen molar-refractivity contribution < 1.29 is 9.13 Å². The first-order chi connectivity index (χ1) is 8.72. The molecule has 1 aliphatic heterocycles. The molecule has 18 heavy (non-hydrogen) atoms. The molecule has 1 aromatic carbocycles. The summed E-state index contributed by atoms with van der Waals surface area (Å²) in [6, 6.07) is 4.88. The van der Waals surface area contributed by atoms with Crippen molar-refractivity contribution >= 4 is 0 Å². The van der Waals surface area contributed by atoms with Crippen LogP contribution < -0.4 is 10.1 Å². The third-order valence-electron chi connectivity index (χ3n) is 4.68. The largest absolute Gasteiger partial charge is 0.496 e. The highest BCUT2D eigenvalue weighted by molar-refractivity contribution is 5.37. The summed E-state index contributed by atoms with van der Waals surface area (Å²) in [6.07, 6.45) is 4.82. The van der Waals surface area contributed by atoms with Gasteiger partial charge in [-0.3, -0.25) is 0 Å². The van der Waals surface area contributed by atoms with Gasteiger partial charge in [-0.15, -0.1) is 0 Å². The van der Waals surface area contributed by atoms with Crippen molar-refractivity contribution in [2.75, 3.05) is 20.2 Å². The summed E-state index contributed by atoms with van der Waals surface area (Å²) in [6.45, 7) is 2.33. The minimum atomic E-state index is -0.156. The van der Waals surface area contributed by atoms with Gasteiger partial charge in [-0.1, -0.05) is 0 Å². The number of ether oxygens (including phenoxy) is 1. The summed E-state index contributed by atoms with van der Waals surface area (Å²) in [5, 5.41) is 3.37. The Balaban J connectivity index is 1.77. The predicted octanol–water partition coefficient (Wildman–Crippen LogP) is 3.08. The molecule has 3 rings (SSSR count). The Kier molecular flexibility index (Phi) is 3.02. The second-order valence-corrected chi connectivity index (χ2v) is 5.76. The van der Waals surface area contributed by atoms with Crippen molar-refractivity contribution in [1.82, 2.24) is 5.32 Å². The summed E-state index contributed by atoms with van der Waals surface area (Å²) in [5.74, 6) is 1.14. The van der Waals surface area contributed by atoms with Gasteiger partial charge < -0.3 is 10.1 Å². The maximum Gasteiger partial charge on any atom is 0.123 e. The van der Waals surface area contributed by atoms with Gasteiger partial charge in [0.25, 0.3) is 0 Å².